The number of hydrogen-bond donors (Lipinski definition) is 0. The normalized spacial score (nSPS) is 15.4. The lowest BCUT2D eigenvalue weighted by Gasteiger charge is -2.26. The fraction of sp³-hybridized carbons (Fsp3) is 0.250. The van der Waals surface area contributed by atoms with E-state index in [1.165, 1.54) is 0 Å². The lowest BCUT2D eigenvalue weighted by molar-refractivity contribution is 0.0486. The van der Waals surface area contributed by atoms with Crippen molar-refractivity contribution in [3.05, 3.63) is 76.8 Å². The second-order valence-electron chi connectivity index (χ2n) is 8.77. The summed E-state index contributed by atoms with van der Waals surface area (Å²) in [5.41, 5.74) is 4.49. The first-order valence-corrected chi connectivity index (χ1v) is 12.0. The molecule has 1 atom stereocenters. The largest absolute Gasteiger partial charge is 0.497 e. The molecule has 188 valence electrons. The van der Waals surface area contributed by atoms with Crippen LogP contribution < -0.4 is 29.4 Å². The second kappa shape index (κ2) is 9.50. The Morgan fingerprint density at radius 3 is 2.84 bits per heavy atom. The van der Waals surface area contributed by atoms with Crippen LogP contribution in [-0.4, -0.2) is 48.1 Å². The molecule has 1 unspecified atom stereocenters. The third kappa shape index (κ3) is 4.33. The van der Waals surface area contributed by atoms with E-state index in [4.69, 9.17) is 23.7 Å². The zero-order chi connectivity index (χ0) is 25.4. The zero-order valence-corrected chi connectivity index (χ0v) is 20.5. The van der Waals surface area contributed by atoms with Crippen LogP contribution in [0.1, 0.15) is 5.56 Å². The number of ether oxygens (including phenoxy) is 5. The highest BCUT2D eigenvalue weighted by atomic mass is 16.6. The summed E-state index contributed by atoms with van der Waals surface area (Å²) in [6.07, 6.45) is 2.02. The van der Waals surface area contributed by atoms with E-state index >= 15 is 0 Å². The Morgan fingerprint density at radius 2 is 1.97 bits per heavy atom. The minimum atomic E-state index is -0.343. The molecule has 0 amide bonds. The minimum Gasteiger partial charge on any atom is -0.497 e. The Hall–Kier alpha value is -4.53. The van der Waals surface area contributed by atoms with Crippen LogP contribution in [-0.2, 0) is 13.0 Å². The number of hydrogen-bond acceptors (Lipinski definition) is 8. The first-order valence-electron chi connectivity index (χ1n) is 12.0. The molecule has 0 saturated carbocycles. The average molecular weight is 500 g/mol. The molecular formula is C28H25N3O6. The lowest BCUT2D eigenvalue weighted by Crippen LogP contribution is -2.35. The molecular weight excluding hydrogens is 474 g/mol. The van der Waals surface area contributed by atoms with Crippen LogP contribution >= 0.6 is 0 Å². The number of benzene rings is 2. The number of nitrogens with zero attached hydrogens (tertiary/aromatic N) is 3. The van der Waals surface area contributed by atoms with Crippen molar-refractivity contribution in [1.29, 1.82) is 0 Å². The minimum absolute atomic E-state index is 0.186. The van der Waals surface area contributed by atoms with Crippen LogP contribution in [0.15, 0.2) is 65.6 Å². The van der Waals surface area contributed by atoms with Gasteiger partial charge >= 0.3 is 5.69 Å². The molecule has 9 nitrogen and oxygen atoms in total. The van der Waals surface area contributed by atoms with Crippen LogP contribution in [0.3, 0.4) is 0 Å². The number of aromatic nitrogens is 3. The Bertz CT molecular complexity index is 1530. The van der Waals surface area contributed by atoms with Gasteiger partial charge in [0.05, 0.1) is 19.9 Å². The quantitative estimate of drug-likeness (QED) is 0.396. The molecule has 4 aromatic rings. The van der Waals surface area contributed by atoms with Gasteiger partial charge in [0, 0.05) is 29.9 Å². The van der Waals surface area contributed by atoms with E-state index in [0.717, 1.165) is 39.4 Å². The van der Waals surface area contributed by atoms with E-state index < -0.39 is 0 Å². The summed E-state index contributed by atoms with van der Waals surface area (Å²) < 4.78 is 30.1. The molecule has 0 aliphatic carbocycles. The Balaban J connectivity index is 1.27. The first-order chi connectivity index (χ1) is 18.1. The summed E-state index contributed by atoms with van der Waals surface area (Å²) in [6.45, 7) is 1.02. The van der Waals surface area contributed by atoms with Gasteiger partial charge in [-0.2, -0.15) is 4.98 Å². The van der Waals surface area contributed by atoms with Gasteiger partial charge in [-0.3, -0.25) is 4.57 Å². The van der Waals surface area contributed by atoms with E-state index in [2.05, 4.69) is 16.0 Å². The SMILES string of the molecule is COc1ccc(OC)c(-c2ccc3c(c2)CCn2c-3cc(OCC3COc4ncccc4O3)nc2=O)c1. The van der Waals surface area contributed by atoms with Crippen LogP contribution in [0.25, 0.3) is 22.4 Å². The van der Waals surface area contributed by atoms with Crippen molar-refractivity contribution < 1.29 is 23.7 Å². The molecule has 0 fully saturated rings. The van der Waals surface area contributed by atoms with Gasteiger partial charge in [-0.25, -0.2) is 9.78 Å². The average Bonchev–Trinajstić information content (AvgIpc) is 2.95. The highest BCUT2D eigenvalue weighted by Gasteiger charge is 2.24. The van der Waals surface area contributed by atoms with E-state index in [1.807, 2.05) is 36.4 Å². The van der Waals surface area contributed by atoms with Gasteiger partial charge in [0.15, 0.2) is 11.9 Å². The predicted octanol–water partition coefficient (Wildman–Crippen LogP) is 3.76. The van der Waals surface area contributed by atoms with Gasteiger partial charge in [-0.05, 0) is 47.9 Å². The Kier molecular flexibility index (Phi) is 5.88. The molecule has 6 rings (SSSR count). The monoisotopic (exact) mass is 499 g/mol. The molecule has 2 aromatic carbocycles. The van der Waals surface area contributed by atoms with Crippen LogP contribution in [0.4, 0.5) is 0 Å². The summed E-state index contributed by atoms with van der Waals surface area (Å²) in [4.78, 5) is 21.1. The van der Waals surface area contributed by atoms with Gasteiger partial charge in [0.1, 0.15) is 24.7 Å². The third-order valence-electron chi connectivity index (χ3n) is 6.54. The van der Waals surface area contributed by atoms with Gasteiger partial charge in [-0.1, -0.05) is 18.2 Å². The second-order valence-corrected chi connectivity index (χ2v) is 8.77. The molecule has 0 radical (unpaired) electrons. The highest BCUT2D eigenvalue weighted by molar-refractivity contribution is 5.77. The van der Waals surface area contributed by atoms with Gasteiger partial charge in [0.25, 0.3) is 5.88 Å². The fourth-order valence-corrected chi connectivity index (χ4v) is 4.71. The van der Waals surface area contributed by atoms with Crippen molar-refractivity contribution in [2.24, 2.45) is 0 Å². The number of fused-ring (bicyclic) bond motifs is 4. The fourth-order valence-electron chi connectivity index (χ4n) is 4.71. The van der Waals surface area contributed by atoms with Crippen LogP contribution in [0, 0.1) is 0 Å². The molecule has 0 spiro atoms. The number of pyridine rings is 1. The van der Waals surface area contributed by atoms with Gasteiger partial charge < -0.3 is 23.7 Å². The Labute approximate surface area is 213 Å². The predicted molar refractivity (Wildman–Crippen MR) is 136 cm³/mol. The molecule has 9 heteroatoms. The maximum atomic E-state index is 12.8. The molecule has 0 bridgehead atoms. The number of rotatable bonds is 6. The van der Waals surface area contributed by atoms with E-state index in [9.17, 15) is 4.79 Å². The summed E-state index contributed by atoms with van der Waals surface area (Å²) in [7, 11) is 3.30. The zero-order valence-electron chi connectivity index (χ0n) is 20.5. The number of methoxy groups -OCH3 is 2. The third-order valence-corrected chi connectivity index (χ3v) is 6.54. The molecule has 0 N–H and O–H groups in total. The molecule has 2 aromatic heterocycles. The smallest absolute Gasteiger partial charge is 0.351 e. The summed E-state index contributed by atoms with van der Waals surface area (Å²) in [6, 6.07) is 17.3. The van der Waals surface area contributed by atoms with E-state index in [0.29, 0.717) is 31.2 Å². The maximum Gasteiger partial charge on any atom is 0.351 e. The number of aryl methyl sites for hydroxylation is 1. The molecule has 0 saturated heterocycles. The highest BCUT2D eigenvalue weighted by Crippen LogP contribution is 2.38. The van der Waals surface area contributed by atoms with Crippen molar-refractivity contribution in [3.8, 4) is 51.4 Å². The van der Waals surface area contributed by atoms with Crippen molar-refractivity contribution in [2.45, 2.75) is 19.1 Å². The van der Waals surface area contributed by atoms with Crippen molar-refractivity contribution in [2.75, 3.05) is 27.4 Å². The van der Waals surface area contributed by atoms with Crippen LogP contribution in [0.2, 0.25) is 0 Å². The van der Waals surface area contributed by atoms with Crippen molar-refractivity contribution in [3.63, 3.8) is 0 Å². The van der Waals surface area contributed by atoms with E-state index in [1.54, 1.807) is 37.1 Å². The van der Waals surface area contributed by atoms with Crippen LogP contribution in [0.5, 0.6) is 29.0 Å². The Morgan fingerprint density at radius 1 is 1.05 bits per heavy atom. The summed E-state index contributed by atoms with van der Waals surface area (Å²) >= 11 is 0. The maximum absolute atomic E-state index is 12.8. The molecule has 4 heterocycles. The lowest BCUT2D eigenvalue weighted by atomic mass is 9.93. The summed E-state index contributed by atoms with van der Waals surface area (Å²) in [5.74, 6) is 2.80. The van der Waals surface area contributed by atoms with Gasteiger partial charge in [0.2, 0.25) is 5.88 Å². The van der Waals surface area contributed by atoms with Crippen molar-refractivity contribution >= 4 is 0 Å². The molecule has 37 heavy (non-hydrogen) atoms. The standard InChI is InChI=1S/C28H25N3O6/c1-33-19-6-8-24(34-2)22(13-19)17-5-7-21-18(12-17)9-11-31-23(21)14-26(30-28(31)32)35-15-20-16-36-27-25(37-20)4-3-10-29-27/h3-8,10,12-14,20H,9,11,15-16H2,1-2H3. The van der Waals surface area contributed by atoms with Crippen molar-refractivity contribution in [1.82, 2.24) is 14.5 Å². The van der Waals surface area contributed by atoms with E-state index in [-0.39, 0.29) is 24.3 Å². The molecule has 2 aliphatic heterocycles. The van der Waals surface area contributed by atoms with Gasteiger partial charge in [-0.15, -0.1) is 0 Å². The summed E-state index contributed by atoms with van der Waals surface area (Å²) in [5, 5.41) is 0. The first kappa shape index (κ1) is 22.9. The molecule has 2 aliphatic rings. The topological polar surface area (TPSA) is 93.9 Å².